The van der Waals surface area contributed by atoms with Crippen LogP contribution >= 0.6 is 0 Å². The van der Waals surface area contributed by atoms with Crippen LogP contribution in [0.5, 0.6) is 5.75 Å². The van der Waals surface area contributed by atoms with E-state index < -0.39 is 30.7 Å². The Morgan fingerprint density at radius 2 is 1.47 bits per heavy atom. The second kappa shape index (κ2) is 11.4. The third kappa shape index (κ3) is 5.78. The molecule has 0 unspecified atom stereocenters. The lowest BCUT2D eigenvalue weighted by molar-refractivity contribution is -0.306. The molecule has 2 aromatic rings. The Balaban J connectivity index is 1.64. The summed E-state index contributed by atoms with van der Waals surface area (Å²) in [6, 6.07) is 17.5. The molecule has 0 saturated carbocycles. The molecule has 1 N–H and O–H groups in total. The SMILES string of the molecule is COc1ccc(COC[C@H]2O[C@H](O)[C@H](OC)[C@@H](OC)[C@@H]2OCc2ccccc2)cc1. The summed E-state index contributed by atoms with van der Waals surface area (Å²) in [6.45, 7) is 1.02. The fourth-order valence-corrected chi connectivity index (χ4v) is 3.53. The summed E-state index contributed by atoms with van der Waals surface area (Å²) in [5.74, 6) is 0.792. The van der Waals surface area contributed by atoms with Gasteiger partial charge in [-0.1, -0.05) is 42.5 Å². The maximum absolute atomic E-state index is 10.4. The molecule has 1 aliphatic rings. The third-order valence-electron chi connectivity index (χ3n) is 5.15. The lowest BCUT2D eigenvalue weighted by Gasteiger charge is -2.43. The van der Waals surface area contributed by atoms with Crippen LogP contribution in [0, 0.1) is 0 Å². The van der Waals surface area contributed by atoms with Gasteiger partial charge in [0.2, 0.25) is 0 Å². The van der Waals surface area contributed by atoms with Gasteiger partial charge in [-0.25, -0.2) is 0 Å². The Morgan fingerprint density at radius 3 is 2.10 bits per heavy atom. The van der Waals surface area contributed by atoms with Crippen molar-refractivity contribution in [2.75, 3.05) is 27.9 Å². The summed E-state index contributed by atoms with van der Waals surface area (Å²) >= 11 is 0. The minimum Gasteiger partial charge on any atom is -0.497 e. The quantitative estimate of drug-likeness (QED) is 0.635. The molecule has 1 fully saturated rings. The number of aliphatic hydroxyl groups excluding tert-OH is 1. The molecule has 0 bridgehead atoms. The molecule has 1 saturated heterocycles. The smallest absolute Gasteiger partial charge is 0.184 e. The van der Waals surface area contributed by atoms with Crippen LogP contribution in [0.4, 0.5) is 0 Å². The number of hydrogen-bond donors (Lipinski definition) is 1. The molecule has 164 valence electrons. The van der Waals surface area contributed by atoms with E-state index in [4.69, 9.17) is 28.4 Å². The summed E-state index contributed by atoms with van der Waals surface area (Å²) in [4.78, 5) is 0. The zero-order chi connectivity index (χ0) is 21.3. The van der Waals surface area contributed by atoms with Crippen LogP contribution in [0.2, 0.25) is 0 Å². The highest BCUT2D eigenvalue weighted by atomic mass is 16.7. The molecule has 2 aromatic carbocycles. The number of ether oxygens (including phenoxy) is 6. The van der Waals surface area contributed by atoms with E-state index in [1.165, 1.54) is 7.11 Å². The second-order valence-corrected chi connectivity index (χ2v) is 7.09. The standard InChI is InChI=1S/C23H30O7/c1-25-18-11-9-17(10-12-18)13-28-15-19-20(29-14-16-7-5-4-6-8-16)21(26-2)22(27-3)23(24)30-19/h4-12,19-24H,13-15H2,1-3H3/t19-,20-,21+,22-,23+/m1/s1. The summed E-state index contributed by atoms with van der Waals surface area (Å²) < 4.78 is 34.0. The summed E-state index contributed by atoms with van der Waals surface area (Å²) in [7, 11) is 4.72. The topological polar surface area (TPSA) is 75.6 Å². The first-order valence-corrected chi connectivity index (χ1v) is 9.91. The Hall–Kier alpha value is -2.00. The lowest BCUT2D eigenvalue weighted by atomic mass is 9.98. The molecule has 7 nitrogen and oxygen atoms in total. The van der Waals surface area contributed by atoms with Crippen LogP contribution in [-0.4, -0.2) is 63.7 Å². The van der Waals surface area contributed by atoms with Gasteiger partial charge in [-0.3, -0.25) is 0 Å². The fraction of sp³-hybridized carbons (Fsp3) is 0.478. The highest BCUT2D eigenvalue weighted by molar-refractivity contribution is 5.26. The van der Waals surface area contributed by atoms with E-state index in [0.717, 1.165) is 16.9 Å². The number of rotatable bonds is 10. The Kier molecular flexibility index (Phi) is 8.62. The molecule has 0 spiro atoms. The van der Waals surface area contributed by atoms with Gasteiger partial charge in [-0.05, 0) is 23.3 Å². The molecule has 30 heavy (non-hydrogen) atoms. The van der Waals surface area contributed by atoms with E-state index in [2.05, 4.69) is 0 Å². The largest absolute Gasteiger partial charge is 0.497 e. The second-order valence-electron chi connectivity index (χ2n) is 7.09. The average molecular weight is 418 g/mol. The van der Waals surface area contributed by atoms with Crippen molar-refractivity contribution in [1.82, 2.24) is 0 Å². The fourth-order valence-electron chi connectivity index (χ4n) is 3.53. The molecule has 0 aromatic heterocycles. The van der Waals surface area contributed by atoms with E-state index in [1.807, 2.05) is 54.6 Å². The van der Waals surface area contributed by atoms with Gasteiger partial charge in [0.1, 0.15) is 30.2 Å². The van der Waals surface area contributed by atoms with Crippen molar-refractivity contribution >= 4 is 0 Å². The third-order valence-corrected chi connectivity index (χ3v) is 5.15. The Bertz CT molecular complexity index is 737. The maximum atomic E-state index is 10.4. The predicted octanol–water partition coefficient (Wildman–Crippen LogP) is 2.54. The van der Waals surface area contributed by atoms with Crippen LogP contribution in [0.1, 0.15) is 11.1 Å². The van der Waals surface area contributed by atoms with Crippen molar-refractivity contribution in [2.45, 2.75) is 43.9 Å². The monoisotopic (exact) mass is 418 g/mol. The van der Waals surface area contributed by atoms with Crippen molar-refractivity contribution in [2.24, 2.45) is 0 Å². The van der Waals surface area contributed by atoms with E-state index >= 15 is 0 Å². The van der Waals surface area contributed by atoms with Gasteiger partial charge in [0.25, 0.3) is 0 Å². The van der Waals surface area contributed by atoms with Crippen molar-refractivity contribution in [3.8, 4) is 5.75 Å². The molecule has 3 rings (SSSR count). The van der Waals surface area contributed by atoms with Gasteiger partial charge >= 0.3 is 0 Å². The molecule has 7 heteroatoms. The van der Waals surface area contributed by atoms with Crippen molar-refractivity contribution in [1.29, 1.82) is 0 Å². The van der Waals surface area contributed by atoms with Crippen LogP contribution in [-0.2, 0) is 36.9 Å². The normalized spacial score (nSPS) is 26.5. The Labute approximate surface area is 177 Å². The molecule has 1 heterocycles. The van der Waals surface area contributed by atoms with E-state index in [1.54, 1.807) is 14.2 Å². The zero-order valence-corrected chi connectivity index (χ0v) is 17.6. The van der Waals surface area contributed by atoms with Crippen molar-refractivity contribution < 1.29 is 33.5 Å². The van der Waals surface area contributed by atoms with Crippen LogP contribution in [0.25, 0.3) is 0 Å². The maximum Gasteiger partial charge on any atom is 0.184 e. The molecule has 5 atom stereocenters. The number of hydrogen-bond acceptors (Lipinski definition) is 7. The predicted molar refractivity (Wildman–Crippen MR) is 110 cm³/mol. The lowest BCUT2D eigenvalue weighted by Crippen LogP contribution is -2.60. The summed E-state index contributed by atoms with van der Waals surface area (Å²) in [6.07, 6.45) is -3.28. The molecule has 0 aliphatic carbocycles. The van der Waals surface area contributed by atoms with Gasteiger partial charge in [-0.2, -0.15) is 0 Å². The van der Waals surface area contributed by atoms with Crippen molar-refractivity contribution in [3.63, 3.8) is 0 Å². The van der Waals surface area contributed by atoms with Crippen LogP contribution < -0.4 is 4.74 Å². The number of benzene rings is 2. The first-order valence-electron chi connectivity index (χ1n) is 9.91. The molecule has 0 radical (unpaired) electrons. The van der Waals surface area contributed by atoms with Gasteiger partial charge in [0.15, 0.2) is 6.29 Å². The molecule has 1 aliphatic heterocycles. The highest BCUT2D eigenvalue weighted by Crippen LogP contribution is 2.27. The molecular formula is C23H30O7. The van der Waals surface area contributed by atoms with Gasteiger partial charge in [0, 0.05) is 14.2 Å². The van der Waals surface area contributed by atoms with Crippen LogP contribution in [0.3, 0.4) is 0 Å². The van der Waals surface area contributed by atoms with E-state index in [-0.39, 0.29) is 6.61 Å². The summed E-state index contributed by atoms with van der Waals surface area (Å²) in [5, 5.41) is 10.4. The van der Waals surface area contributed by atoms with Crippen LogP contribution in [0.15, 0.2) is 54.6 Å². The van der Waals surface area contributed by atoms with E-state index in [0.29, 0.717) is 13.2 Å². The van der Waals surface area contributed by atoms with Gasteiger partial charge in [0.05, 0.1) is 26.9 Å². The van der Waals surface area contributed by atoms with E-state index in [9.17, 15) is 5.11 Å². The first kappa shape index (κ1) is 22.7. The number of methoxy groups -OCH3 is 3. The summed E-state index contributed by atoms with van der Waals surface area (Å²) in [5.41, 5.74) is 2.04. The molecular weight excluding hydrogens is 388 g/mol. The zero-order valence-electron chi connectivity index (χ0n) is 17.6. The molecule has 0 amide bonds. The average Bonchev–Trinajstić information content (AvgIpc) is 2.79. The van der Waals surface area contributed by atoms with Gasteiger partial charge < -0.3 is 33.5 Å². The minimum absolute atomic E-state index is 0.235. The number of aliphatic hydroxyl groups is 1. The highest BCUT2D eigenvalue weighted by Gasteiger charge is 2.47. The van der Waals surface area contributed by atoms with Crippen molar-refractivity contribution in [3.05, 3.63) is 65.7 Å². The minimum atomic E-state index is -1.13. The first-order chi connectivity index (χ1) is 14.7. The Morgan fingerprint density at radius 1 is 0.800 bits per heavy atom. The van der Waals surface area contributed by atoms with Gasteiger partial charge in [-0.15, -0.1) is 0 Å².